The lowest BCUT2D eigenvalue weighted by atomic mass is 10.2. The molecule has 1 aromatic heterocycles. The Morgan fingerprint density at radius 3 is 2.21 bits per heavy atom. The number of carbonyl (C=O) groups excluding carboxylic acids is 3. The zero-order valence-electron chi connectivity index (χ0n) is 14.8. The minimum atomic E-state index is -0.510. The summed E-state index contributed by atoms with van der Waals surface area (Å²) in [5, 5.41) is 3.07. The van der Waals surface area contributed by atoms with Crippen molar-refractivity contribution in [2.75, 3.05) is 5.32 Å². The van der Waals surface area contributed by atoms with E-state index in [0.717, 1.165) is 17.4 Å². The van der Waals surface area contributed by atoms with Crippen LogP contribution in [0.15, 0.2) is 60.7 Å². The smallest absolute Gasteiger partial charge is 0.280 e. The first-order valence-electron chi connectivity index (χ1n) is 8.27. The number of thiophene rings is 1. The summed E-state index contributed by atoms with van der Waals surface area (Å²) in [5.41, 5.74) is 5.91. The Morgan fingerprint density at radius 2 is 1.50 bits per heavy atom. The van der Waals surface area contributed by atoms with E-state index in [1.54, 1.807) is 43.3 Å². The highest BCUT2D eigenvalue weighted by molar-refractivity contribution is 7.18. The summed E-state index contributed by atoms with van der Waals surface area (Å²) < 4.78 is 13.2. The number of hydrogen-bond donors (Lipinski definition) is 3. The van der Waals surface area contributed by atoms with Gasteiger partial charge in [-0.3, -0.25) is 25.2 Å². The van der Waals surface area contributed by atoms with Gasteiger partial charge in [0.15, 0.2) is 0 Å². The lowest BCUT2D eigenvalue weighted by Gasteiger charge is -2.06. The minimum Gasteiger partial charge on any atom is -0.314 e. The van der Waals surface area contributed by atoms with E-state index < -0.39 is 23.5 Å². The van der Waals surface area contributed by atoms with Gasteiger partial charge in [0.1, 0.15) is 5.82 Å². The van der Waals surface area contributed by atoms with Crippen LogP contribution in [0.25, 0.3) is 0 Å². The quantitative estimate of drug-likeness (QED) is 0.589. The number of halogens is 1. The molecule has 0 aliphatic heterocycles. The molecule has 0 spiro atoms. The van der Waals surface area contributed by atoms with Gasteiger partial charge in [0.05, 0.1) is 9.88 Å². The van der Waals surface area contributed by atoms with Gasteiger partial charge in [0.2, 0.25) is 0 Å². The van der Waals surface area contributed by atoms with Crippen molar-refractivity contribution in [3.63, 3.8) is 0 Å². The molecule has 28 heavy (non-hydrogen) atoms. The predicted molar refractivity (Wildman–Crippen MR) is 105 cm³/mol. The van der Waals surface area contributed by atoms with Gasteiger partial charge < -0.3 is 5.32 Å². The molecule has 0 fully saturated rings. The fourth-order valence-electron chi connectivity index (χ4n) is 2.41. The highest BCUT2D eigenvalue weighted by atomic mass is 32.1. The van der Waals surface area contributed by atoms with Crippen molar-refractivity contribution in [1.29, 1.82) is 0 Å². The van der Waals surface area contributed by atoms with Crippen molar-refractivity contribution in [3.05, 3.63) is 88.0 Å². The van der Waals surface area contributed by atoms with Gasteiger partial charge in [-0.15, -0.1) is 11.3 Å². The number of carbonyl (C=O) groups is 3. The SMILES string of the molecule is Cc1cc(NC(=O)c2cccc(F)c2)sc1C(=O)NNC(=O)c1ccccc1. The Bertz CT molecular complexity index is 1030. The molecule has 1 heterocycles. The number of hydrazine groups is 1. The number of aryl methyl sites for hydroxylation is 1. The van der Waals surface area contributed by atoms with E-state index in [-0.39, 0.29) is 5.56 Å². The topological polar surface area (TPSA) is 87.3 Å². The van der Waals surface area contributed by atoms with Gasteiger partial charge in [-0.25, -0.2) is 4.39 Å². The van der Waals surface area contributed by atoms with E-state index in [9.17, 15) is 18.8 Å². The number of hydrogen-bond acceptors (Lipinski definition) is 4. The van der Waals surface area contributed by atoms with Gasteiger partial charge in [-0.05, 0) is 48.9 Å². The largest absolute Gasteiger partial charge is 0.314 e. The molecule has 0 unspecified atom stereocenters. The minimum absolute atomic E-state index is 0.173. The number of amides is 3. The van der Waals surface area contributed by atoms with Crippen LogP contribution in [0, 0.1) is 12.7 Å². The van der Waals surface area contributed by atoms with Gasteiger partial charge in [-0.2, -0.15) is 0 Å². The van der Waals surface area contributed by atoms with Crippen LogP contribution in [0.5, 0.6) is 0 Å². The summed E-state index contributed by atoms with van der Waals surface area (Å²) in [4.78, 5) is 36.9. The first kappa shape index (κ1) is 19.2. The second kappa shape index (κ2) is 8.45. The maximum absolute atomic E-state index is 13.2. The first-order chi connectivity index (χ1) is 13.4. The molecule has 3 amide bonds. The molecule has 8 heteroatoms. The van der Waals surface area contributed by atoms with Gasteiger partial charge in [0.25, 0.3) is 17.7 Å². The van der Waals surface area contributed by atoms with Gasteiger partial charge in [0, 0.05) is 11.1 Å². The molecule has 0 aliphatic rings. The number of nitrogens with one attached hydrogen (secondary N) is 3. The fraction of sp³-hybridized carbons (Fsp3) is 0.0500. The van der Waals surface area contributed by atoms with Gasteiger partial charge >= 0.3 is 0 Å². The predicted octanol–water partition coefficient (Wildman–Crippen LogP) is 3.52. The Balaban J connectivity index is 1.64. The normalized spacial score (nSPS) is 10.2. The molecule has 0 atom stereocenters. The number of rotatable bonds is 4. The molecule has 0 saturated carbocycles. The molecular weight excluding hydrogens is 381 g/mol. The van der Waals surface area contributed by atoms with Crippen molar-refractivity contribution in [2.24, 2.45) is 0 Å². The molecule has 6 nitrogen and oxygen atoms in total. The number of anilines is 1. The van der Waals surface area contributed by atoms with Crippen molar-refractivity contribution in [1.82, 2.24) is 10.9 Å². The summed E-state index contributed by atoms with van der Waals surface area (Å²) in [6.07, 6.45) is 0. The van der Waals surface area contributed by atoms with Crippen LogP contribution in [0.2, 0.25) is 0 Å². The molecule has 3 aromatic rings. The summed E-state index contributed by atoms with van der Waals surface area (Å²) >= 11 is 1.05. The highest BCUT2D eigenvalue weighted by Crippen LogP contribution is 2.27. The maximum Gasteiger partial charge on any atom is 0.280 e. The summed E-state index contributed by atoms with van der Waals surface area (Å²) in [7, 11) is 0. The summed E-state index contributed by atoms with van der Waals surface area (Å²) in [6, 6.07) is 15.4. The van der Waals surface area contributed by atoms with Crippen molar-refractivity contribution < 1.29 is 18.8 Å². The van der Waals surface area contributed by atoms with E-state index in [2.05, 4.69) is 16.2 Å². The zero-order chi connectivity index (χ0) is 20.1. The maximum atomic E-state index is 13.2. The second-order valence-corrected chi connectivity index (χ2v) is 6.91. The van der Waals surface area contributed by atoms with Crippen LogP contribution in [-0.4, -0.2) is 17.7 Å². The highest BCUT2D eigenvalue weighted by Gasteiger charge is 2.16. The number of benzene rings is 2. The first-order valence-corrected chi connectivity index (χ1v) is 9.09. The monoisotopic (exact) mass is 397 g/mol. The molecule has 2 aromatic carbocycles. The average molecular weight is 397 g/mol. The molecule has 0 bridgehead atoms. The van der Waals surface area contributed by atoms with Crippen LogP contribution in [0.3, 0.4) is 0 Å². The fourth-order valence-corrected chi connectivity index (χ4v) is 3.38. The van der Waals surface area contributed by atoms with Crippen LogP contribution in [-0.2, 0) is 0 Å². The molecule has 3 N–H and O–H groups in total. The van der Waals surface area contributed by atoms with Crippen molar-refractivity contribution >= 4 is 34.1 Å². The van der Waals surface area contributed by atoms with E-state index in [1.165, 1.54) is 18.2 Å². The third kappa shape index (κ3) is 4.60. The standard InChI is InChI=1S/C20H16FN3O3S/c1-12-10-16(22-18(25)14-8-5-9-15(21)11-14)28-17(12)20(27)24-23-19(26)13-6-3-2-4-7-13/h2-11H,1H3,(H,22,25)(H,23,26)(H,24,27). The lowest BCUT2D eigenvalue weighted by molar-refractivity contribution is 0.0848. The van der Waals surface area contributed by atoms with Gasteiger partial charge in [-0.1, -0.05) is 24.3 Å². The summed E-state index contributed by atoms with van der Waals surface area (Å²) in [6.45, 7) is 1.71. The zero-order valence-corrected chi connectivity index (χ0v) is 15.6. The van der Waals surface area contributed by atoms with Crippen molar-refractivity contribution in [2.45, 2.75) is 6.92 Å². The lowest BCUT2D eigenvalue weighted by Crippen LogP contribution is -2.41. The van der Waals surface area contributed by atoms with E-state index in [4.69, 9.17) is 0 Å². The Hall–Kier alpha value is -3.52. The van der Waals surface area contributed by atoms with Crippen LogP contribution < -0.4 is 16.2 Å². The molecule has 3 rings (SSSR count). The van der Waals surface area contributed by atoms with Crippen LogP contribution in [0.4, 0.5) is 9.39 Å². The van der Waals surface area contributed by atoms with Crippen molar-refractivity contribution in [3.8, 4) is 0 Å². The molecule has 142 valence electrons. The third-order valence-corrected chi connectivity index (χ3v) is 4.92. The Labute approximate surface area is 164 Å². The van der Waals surface area contributed by atoms with E-state index in [1.807, 2.05) is 0 Å². The summed E-state index contributed by atoms with van der Waals surface area (Å²) in [5.74, 6) is -1.94. The van der Waals surface area contributed by atoms with Crippen LogP contribution in [0.1, 0.15) is 36.0 Å². The molecule has 0 saturated heterocycles. The molecular formula is C20H16FN3O3S. The Morgan fingerprint density at radius 1 is 0.821 bits per heavy atom. The third-order valence-electron chi connectivity index (χ3n) is 3.77. The second-order valence-electron chi connectivity index (χ2n) is 5.86. The van der Waals surface area contributed by atoms with Crippen LogP contribution >= 0.6 is 11.3 Å². The molecule has 0 aliphatic carbocycles. The van der Waals surface area contributed by atoms with E-state index >= 15 is 0 Å². The average Bonchev–Trinajstić information content (AvgIpc) is 3.06. The van der Waals surface area contributed by atoms with E-state index in [0.29, 0.717) is 21.0 Å². The Kier molecular flexibility index (Phi) is 5.81. The molecule has 0 radical (unpaired) electrons.